The quantitative estimate of drug-likeness (QED) is 0.800. The fourth-order valence-corrected chi connectivity index (χ4v) is 1.81. The second kappa shape index (κ2) is 5.00. The van der Waals surface area contributed by atoms with E-state index >= 15 is 0 Å². The van der Waals surface area contributed by atoms with E-state index in [1.54, 1.807) is 11.0 Å². The molecule has 0 bridgehead atoms. The lowest BCUT2D eigenvalue weighted by atomic mass is 10.1. The number of nitrogens with zero attached hydrogens (tertiary/aromatic N) is 2. The van der Waals surface area contributed by atoms with E-state index in [0.717, 1.165) is 12.8 Å². The maximum absolute atomic E-state index is 12.3. The Labute approximate surface area is 105 Å². The lowest BCUT2D eigenvalue weighted by Gasteiger charge is -2.20. The van der Waals surface area contributed by atoms with Gasteiger partial charge in [0.15, 0.2) is 0 Å². The van der Waals surface area contributed by atoms with Crippen LogP contribution in [0, 0.1) is 0 Å². The Morgan fingerprint density at radius 3 is 2.83 bits per heavy atom. The standard InChI is InChI=1S/C13H14N2O3/c1-2-8-15(9-5-6-9)12(16)11-10(13(17)18)4-3-7-14-11/h2-4,7,9H,1,5-6,8H2,(H,17,18). The highest BCUT2D eigenvalue weighted by Crippen LogP contribution is 2.28. The van der Waals surface area contributed by atoms with Crippen molar-refractivity contribution >= 4 is 11.9 Å². The van der Waals surface area contributed by atoms with Crippen LogP contribution in [0.3, 0.4) is 0 Å². The number of carbonyl (C=O) groups excluding carboxylic acids is 1. The molecule has 0 radical (unpaired) electrons. The molecule has 0 aliphatic heterocycles. The third-order valence-corrected chi connectivity index (χ3v) is 2.82. The highest BCUT2D eigenvalue weighted by Gasteiger charge is 2.34. The van der Waals surface area contributed by atoms with E-state index in [9.17, 15) is 9.59 Å². The Morgan fingerprint density at radius 1 is 1.56 bits per heavy atom. The van der Waals surface area contributed by atoms with Crippen molar-refractivity contribution in [2.75, 3.05) is 6.54 Å². The van der Waals surface area contributed by atoms with Crippen LogP contribution < -0.4 is 0 Å². The zero-order chi connectivity index (χ0) is 13.1. The Hall–Kier alpha value is -2.17. The first kappa shape index (κ1) is 12.3. The molecule has 1 aromatic rings. The molecule has 0 unspecified atom stereocenters. The first-order valence-electron chi connectivity index (χ1n) is 5.75. The van der Waals surface area contributed by atoms with Gasteiger partial charge in [0.2, 0.25) is 0 Å². The summed E-state index contributed by atoms with van der Waals surface area (Å²) >= 11 is 0. The van der Waals surface area contributed by atoms with E-state index in [1.807, 2.05) is 0 Å². The second-order valence-electron chi connectivity index (χ2n) is 4.18. The van der Waals surface area contributed by atoms with Gasteiger partial charge in [-0.15, -0.1) is 6.58 Å². The Balaban J connectivity index is 2.31. The largest absolute Gasteiger partial charge is 0.478 e. The molecule has 18 heavy (non-hydrogen) atoms. The predicted octanol–water partition coefficient (Wildman–Crippen LogP) is 1.57. The average Bonchev–Trinajstić information content (AvgIpc) is 3.19. The summed E-state index contributed by atoms with van der Waals surface area (Å²) in [6.45, 7) is 4.03. The van der Waals surface area contributed by atoms with Crippen LogP contribution in [0.2, 0.25) is 0 Å². The smallest absolute Gasteiger partial charge is 0.338 e. The SMILES string of the molecule is C=CCN(C(=O)c1ncccc1C(=O)O)C1CC1. The predicted molar refractivity (Wildman–Crippen MR) is 65.5 cm³/mol. The number of carboxylic acid groups (broad SMARTS) is 1. The fourth-order valence-electron chi connectivity index (χ4n) is 1.81. The highest BCUT2D eigenvalue weighted by atomic mass is 16.4. The van der Waals surface area contributed by atoms with Crippen molar-refractivity contribution in [3.05, 3.63) is 42.2 Å². The molecule has 0 aromatic carbocycles. The van der Waals surface area contributed by atoms with Gasteiger partial charge in [-0.2, -0.15) is 0 Å². The molecule has 1 amide bonds. The Kier molecular flexibility index (Phi) is 3.41. The van der Waals surface area contributed by atoms with Crippen LogP contribution in [0.4, 0.5) is 0 Å². The van der Waals surface area contributed by atoms with Gasteiger partial charge < -0.3 is 10.0 Å². The average molecular weight is 246 g/mol. The summed E-state index contributed by atoms with van der Waals surface area (Å²) in [6, 6.07) is 3.09. The Bertz CT molecular complexity index is 495. The van der Waals surface area contributed by atoms with Crippen molar-refractivity contribution in [1.82, 2.24) is 9.88 Å². The maximum Gasteiger partial charge on any atom is 0.338 e. The van der Waals surface area contributed by atoms with E-state index in [1.165, 1.54) is 18.3 Å². The van der Waals surface area contributed by atoms with Crippen LogP contribution in [0.1, 0.15) is 33.7 Å². The minimum Gasteiger partial charge on any atom is -0.478 e. The molecular formula is C13H14N2O3. The van der Waals surface area contributed by atoms with Crippen LogP contribution in [0.15, 0.2) is 31.0 Å². The summed E-state index contributed by atoms with van der Waals surface area (Å²) in [4.78, 5) is 28.9. The monoisotopic (exact) mass is 246 g/mol. The lowest BCUT2D eigenvalue weighted by molar-refractivity contribution is 0.0673. The summed E-state index contributed by atoms with van der Waals surface area (Å²) in [7, 11) is 0. The van der Waals surface area contributed by atoms with Gasteiger partial charge in [-0.05, 0) is 25.0 Å². The van der Waals surface area contributed by atoms with Crippen molar-refractivity contribution < 1.29 is 14.7 Å². The van der Waals surface area contributed by atoms with Crippen molar-refractivity contribution in [2.24, 2.45) is 0 Å². The summed E-state index contributed by atoms with van der Waals surface area (Å²) < 4.78 is 0. The molecule has 1 aliphatic carbocycles. The molecule has 1 aromatic heterocycles. The molecule has 1 aliphatic rings. The second-order valence-corrected chi connectivity index (χ2v) is 4.18. The van der Waals surface area contributed by atoms with Crippen molar-refractivity contribution in [2.45, 2.75) is 18.9 Å². The van der Waals surface area contributed by atoms with E-state index in [0.29, 0.717) is 6.54 Å². The van der Waals surface area contributed by atoms with Crippen LogP contribution >= 0.6 is 0 Å². The van der Waals surface area contributed by atoms with E-state index in [4.69, 9.17) is 5.11 Å². The van der Waals surface area contributed by atoms with Crippen molar-refractivity contribution in [3.63, 3.8) is 0 Å². The summed E-state index contributed by atoms with van der Waals surface area (Å²) in [5, 5.41) is 9.05. The minimum absolute atomic E-state index is 0.00116. The topological polar surface area (TPSA) is 70.5 Å². The molecule has 1 N–H and O–H groups in total. The van der Waals surface area contributed by atoms with Gasteiger partial charge in [-0.3, -0.25) is 9.78 Å². The van der Waals surface area contributed by atoms with Crippen molar-refractivity contribution in [3.8, 4) is 0 Å². The van der Waals surface area contributed by atoms with Crippen LogP contribution in [-0.2, 0) is 0 Å². The third kappa shape index (κ3) is 2.40. The minimum atomic E-state index is -1.14. The highest BCUT2D eigenvalue weighted by molar-refractivity contribution is 6.03. The molecule has 94 valence electrons. The first-order valence-corrected chi connectivity index (χ1v) is 5.75. The summed E-state index contributed by atoms with van der Waals surface area (Å²) in [5.74, 6) is -1.48. The van der Waals surface area contributed by atoms with Crippen molar-refractivity contribution in [1.29, 1.82) is 0 Å². The van der Waals surface area contributed by atoms with Gasteiger partial charge in [-0.25, -0.2) is 4.79 Å². The number of aromatic carboxylic acids is 1. The van der Waals surface area contributed by atoms with Crippen LogP contribution in [0.5, 0.6) is 0 Å². The van der Waals surface area contributed by atoms with E-state index in [-0.39, 0.29) is 23.2 Å². The molecule has 1 heterocycles. The molecule has 5 heteroatoms. The number of pyridine rings is 1. The number of carboxylic acids is 1. The van der Waals surface area contributed by atoms with Gasteiger partial charge in [0, 0.05) is 18.8 Å². The number of aromatic nitrogens is 1. The van der Waals surface area contributed by atoms with Gasteiger partial charge in [0.25, 0.3) is 5.91 Å². The number of hydrogen-bond donors (Lipinski definition) is 1. The molecule has 0 spiro atoms. The summed E-state index contributed by atoms with van der Waals surface area (Å²) in [6.07, 6.45) is 4.97. The number of hydrogen-bond acceptors (Lipinski definition) is 3. The van der Waals surface area contributed by atoms with Gasteiger partial charge in [0.05, 0.1) is 5.56 Å². The number of rotatable bonds is 5. The molecular weight excluding hydrogens is 232 g/mol. The van der Waals surface area contributed by atoms with Crippen LogP contribution in [0.25, 0.3) is 0 Å². The zero-order valence-corrected chi connectivity index (χ0v) is 9.87. The molecule has 1 saturated carbocycles. The van der Waals surface area contributed by atoms with Gasteiger partial charge in [0.1, 0.15) is 5.69 Å². The normalized spacial score (nSPS) is 14.0. The number of amides is 1. The third-order valence-electron chi connectivity index (χ3n) is 2.82. The Morgan fingerprint density at radius 2 is 2.28 bits per heavy atom. The lowest BCUT2D eigenvalue weighted by Crippen LogP contribution is -2.34. The van der Waals surface area contributed by atoms with E-state index in [2.05, 4.69) is 11.6 Å². The molecule has 0 saturated heterocycles. The van der Waals surface area contributed by atoms with Crippen LogP contribution in [-0.4, -0.2) is 39.5 Å². The zero-order valence-electron chi connectivity index (χ0n) is 9.87. The van der Waals surface area contributed by atoms with Gasteiger partial charge in [-0.1, -0.05) is 6.08 Å². The molecule has 5 nitrogen and oxygen atoms in total. The van der Waals surface area contributed by atoms with Gasteiger partial charge >= 0.3 is 5.97 Å². The summed E-state index contributed by atoms with van der Waals surface area (Å²) in [5.41, 5.74) is -0.0593. The van der Waals surface area contributed by atoms with E-state index < -0.39 is 5.97 Å². The first-order chi connectivity index (χ1) is 8.65. The molecule has 0 atom stereocenters. The fraction of sp³-hybridized carbons (Fsp3) is 0.308. The molecule has 1 fully saturated rings. The maximum atomic E-state index is 12.3. The number of carbonyl (C=O) groups is 2. The molecule has 2 rings (SSSR count).